The van der Waals surface area contributed by atoms with Crippen LogP contribution in [0.1, 0.15) is 31.0 Å². The zero-order valence-electron chi connectivity index (χ0n) is 16.8. The second-order valence-corrected chi connectivity index (χ2v) is 8.32. The third kappa shape index (κ3) is 3.98. The van der Waals surface area contributed by atoms with E-state index >= 15 is 0 Å². The molecule has 0 aliphatic carbocycles. The number of benzene rings is 2. The number of allylic oxidation sites excluding steroid dienone is 1. The lowest BCUT2D eigenvalue weighted by Crippen LogP contribution is -2.39. The maximum absolute atomic E-state index is 14.1. The van der Waals surface area contributed by atoms with Crippen LogP contribution in [-0.4, -0.2) is 17.1 Å². The van der Waals surface area contributed by atoms with E-state index in [4.69, 9.17) is 16.3 Å². The molecule has 3 aromatic rings. The summed E-state index contributed by atoms with van der Waals surface area (Å²) in [5.74, 6) is -0.960. The highest BCUT2D eigenvalue weighted by Gasteiger charge is 2.33. The van der Waals surface area contributed by atoms with Crippen molar-refractivity contribution in [3.63, 3.8) is 0 Å². The Morgan fingerprint density at radius 1 is 1.26 bits per heavy atom. The molecule has 0 spiro atoms. The molecule has 5 nitrogen and oxygen atoms in total. The Morgan fingerprint density at radius 2 is 1.97 bits per heavy atom. The van der Waals surface area contributed by atoms with E-state index in [1.165, 1.54) is 16.7 Å². The first-order valence-electron chi connectivity index (χ1n) is 9.60. The van der Waals surface area contributed by atoms with Crippen molar-refractivity contribution >= 4 is 35.0 Å². The maximum Gasteiger partial charge on any atom is 0.338 e. The van der Waals surface area contributed by atoms with Gasteiger partial charge in [0.2, 0.25) is 0 Å². The van der Waals surface area contributed by atoms with Crippen molar-refractivity contribution in [2.45, 2.75) is 19.9 Å². The molecule has 0 saturated carbocycles. The molecule has 0 unspecified atom stereocenters. The van der Waals surface area contributed by atoms with Gasteiger partial charge in [0.25, 0.3) is 5.56 Å². The predicted octanol–water partition coefficient (Wildman–Crippen LogP) is 3.59. The Bertz CT molecular complexity index is 1370. The average Bonchev–Trinajstić information content (AvgIpc) is 3.04. The van der Waals surface area contributed by atoms with Gasteiger partial charge in [-0.05, 0) is 43.7 Å². The van der Waals surface area contributed by atoms with Crippen molar-refractivity contribution in [1.29, 1.82) is 0 Å². The van der Waals surface area contributed by atoms with Crippen LogP contribution in [0.4, 0.5) is 4.39 Å². The molecule has 1 aliphatic heterocycles. The molecule has 0 radical (unpaired) electrons. The fourth-order valence-corrected chi connectivity index (χ4v) is 4.65. The van der Waals surface area contributed by atoms with Crippen molar-refractivity contribution in [3.8, 4) is 0 Å². The third-order valence-corrected chi connectivity index (χ3v) is 6.13. The minimum atomic E-state index is -0.727. The first-order valence-corrected chi connectivity index (χ1v) is 10.8. The fraction of sp³-hybridized carbons (Fsp3) is 0.174. The summed E-state index contributed by atoms with van der Waals surface area (Å²) in [5, 5.41) is 0.536. The van der Waals surface area contributed by atoms with E-state index < -0.39 is 17.8 Å². The van der Waals surface area contributed by atoms with E-state index in [2.05, 4.69) is 4.99 Å². The van der Waals surface area contributed by atoms with Crippen LogP contribution in [0, 0.1) is 5.82 Å². The van der Waals surface area contributed by atoms with E-state index in [0.29, 0.717) is 31.2 Å². The van der Waals surface area contributed by atoms with Crippen LogP contribution in [-0.2, 0) is 9.53 Å². The van der Waals surface area contributed by atoms with Gasteiger partial charge in [-0.15, -0.1) is 0 Å². The molecule has 0 fully saturated rings. The molecule has 158 valence electrons. The zero-order chi connectivity index (χ0) is 22.1. The molecule has 8 heteroatoms. The number of fused-ring (bicyclic) bond motifs is 1. The second-order valence-electron chi connectivity index (χ2n) is 6.88. The van der Waals surface area contributed by atoms with Crippen LogP contribution >= 0.6 is 22.9 Å². The molecule has 2 aromatic carbocycles. The summed E-state index contributed by atoms with van der Waals surface area (Å²) in [7, 11) is 0. The van der Waals surface area contributed by atoms with Crippen molar-refractivity contribution in [2.24, 2.45) is 4.99 Å². The Kier molecular flexibility index (Phi) is 5.89. The highest BCUT2D eigenvalue weighted by molar-refractivity contribution is 7.07. The molecule has 4 rings (SSSR count). The second kappa shape index (κ2) is 8.61. The monoisotopic (exact) mass is 456 g/mol. The SMILES string of the molecule is CCOC(=O)C1=C(C)N=c2sc(=Cc3ccccc3F)c(=O)n2[C@@H]1c1ccc(Cl)cc1. The van der Waals surface area contributed by atoms with Crippen LogP contribution in [0.3, 0.4) is 0 Å². The maximum atomic E-state index is 14.1. The summed E-state index contributed by atoms with van der Waals surface area (Å²) in [4.78, 5) is 31.1. The van der Waals surface area contributed by atoms with Crippen molar-refractivity contribution in [2.75, 3.05) is 6.61 Å². The smallest absolute Gasteiger partial charge is 0.338 e. The Balaban J connectivity index is 1.97. The van der Waals surface area contributed by atoms with Gasteiger partial charge in [0.15, 0.2) is 4.80 Å². The lowest BCUT2D eigenvalue weighted by Gasteiger charge is -2.24. The standard InChI is InChI=1S/C23H18ClFN2O3S/c1-3-30-22(29)19-13(2)26-23-27(20(19)14-8-10-16(24)11-9-14)21(28)18(31-23)12-15-6-4-5-7-17(15)25/h4-12,20H,3H2,1-2H3/t20-/m1/s1. The molecule has 2 heterocycles. The lowest BCUT2D eigenvalue weighted by molar-refractivity contribution is -0.139. The van der Waals surface area contributed by atoms with Crippen LogP contribution in [0.2, 0.25) is 5.02 Å². The number of thiazole rings is 1. The lowest BCUT2D eigenvalue weighted by atomic mass is 9.96. The summed E-state index contributed by atoms with van der Waals surface area (Å²) < 4.78 is 21.2. The van der Waals surface area contributed by atoms with Crippen molar-refractivity contribution in [3.05, 3.63) is 101 Å². The van der Waals surface area contributed by atoms with E-state index in [1.54, 1.807) is 56.3 Å². The van der Waals surface area contributed by atoms with Crippen LogP contribution < -0.4 is 14.9 Å². The number of aromatic nitrogens is 1. The first kappa shape index (κ1) is 21.2. The molecule has 1 aromatic heterocycles. The summed E-state index contributed by atoms with van der Waals surface area (Å²) in [6.45, 7) is 3.62. The van der Waals surface area contributed by atoms with Crippen molar-refractivity contribution < 1.29 is 13.9 Å². The highest BCUT2D eigenvalue weighted by atomic mass is 35.5. The molecule has 0 N–H and O–H groups in total. The van der Waals surface area contributed by atoms with Crippen LogP contribution in [0.5, 0.6) is 0 Å². The van der Waals surface area contributed by atoms with Gasteiger partial charge in [-0.3, -0.25) is 9.36 Å². The van der Waals surface area contributed by atoms with Crippen molar-refractivity contribution in [1.82, 2.24) is 4.57 Å². The summed E-state index contributed by atoms with van der Waals surface area (Å²) in [6.07, 6.45) is 1.50. The van der Waals surface area contributed by atoms with Gasteiger partial charge in [0.1, 0.15) is 5.82 Å². The molecule has 0 saturated heterocycles. The Hall–Kier alpha value is -3.03. The summed E-state index contributed by atoms with van der Waals surface area (Å²) in [5.41, 5.74) is 1.39. The van der Waals surface area contributed by atoms with Gasteiger partial charge in [0.05, 0.1) is 28.5 Å². The summed E-state index contributed by atoms with van der Waals surface area (Å²) >= 11 is 7.19. The number of nitrogens with zero attached hydrogens (tertiary/aromatic N) is 2. The molecule has 0 bridgehead atoms. The number of carbonyl (C=O) groups is 1. The predicted molar refractivity (Wildman–Crippen MR) is 118 cm³/mol. The Morgan fingerprint density at radius 3 is 2.65 bits per heavy atom. The molecule has 0 amide bonds. The van der Waals surface area contributed by atoms with Crippen LogP contribution in [0.15, 0.2) is 69.6 Å². The van der Waals surface area contributed by atoms with E-state index in [1.807, 2.05) is 0 Å². The number of ether oxygens (including phenoxy) is 1. The molecular formula is C23H18ClFN2O3S. The fourth-order valence-electron chi connectivity index (χ4n) is 3.49. The number of rotatable bonds is 4. The largest absolute Gasteiger partial charge is 0.463 e. The molecule has 31 heavy (non-hydrogen) atoms. The zero-order valence-corrected chi connectivity index (χ0v) is 18.3. The van der Waals surface area contributed by atoms with E-state index in [0.717, 1.165) is 11.3 Å². The average molecular weight is 457 g/mol. The molecule has 1 atom stereocenters. The topological polar surface area (TPSA) is 60.7 Å². The number of hydrogen-bond acceptors (Lipinski definition) is 5. The minimum Gasteiger partial charge on any atom is -0.463 e. The molecule has 1 aliphatic rings. The number of halogens is 2. The van der Waals surface area contributed by atoms with Gasteiger partial charge in [0, 0.05) is 10.6 Å². The van der Waals surface area contributed by atoms with Crippen LogP contribution in [0.25, 0.3) is 6.08 Å². The first-order chi connectivity index (χ1) is 14.9. The van der Waals surface area contributed by atoms with E-state index in [-0.39, 0.29) is 17.7 Å². The van der Waals surface area contributed by atoms with Gasteiger partial charge < -0.3 is 4.74 Å². The number of hydrogen-bond donors (Lipinski definition) is 0. The number of carbonyl (C=O) groups excluding carboxylic acids is 1. The minimum absolute atomic E-state index is 0.195. The normalized spacial score (nSPS) is 16.1. The van der Waals surface area contributed by atoms with E-state index in [9.17, 15) is 14.0 Å². The number of esters is 1. The van der Waals surface area contributed by atoms with Gasteiger partial charge in [-0.1, -0.05) is 53.3 Å². The Labute approximate surface area is 186 Å². The third-order valence-electron chi connectivity index (χ3n) is 4.89. The molecular weight excluding hydrogens is 439 g/mol. The quantitative estimate of drug-likeness (QED) is 0.564. The highest BCUT2D eigenvalue weighted by Crippen LogP contribution is 2.31. The summed E-state index contributed by atoms with van der Waals surface area (Å²) in [6, 6.07) is 12.4. The van der Waals surface area contributed by atoms with Gasteiger partial charge in [-0.2, -0.15) is 0 Å². The van der Waals surface area contributed by atoms with Gasteiger partial charge in [-0.25, -0.2) is 14.2 Å². The van der Waals surface area contributed by atoms with Gasteiger partial charge >= 0.3 is 5.97 Å².